The number of nitrogens with zero attached hydrogens (tertiary/aromatic N) is 4. The van der Waals surface area contributed by atoms with E-state index in [2.05, 4.69) is 151 Å². The standard InChI is InChI=1S/C70H65F5N4O/c1-39(2)43-28-44(40(3)4)30-47(29-43)55-33-49(70(10,11)12)34-56(62-63(71)65(73)67(75)66(74)64(62)72)68(55)78-38-77(58-19-15-16-20-59(58)78)50-31-46(45-26-41(5)25-42(6)27-45)32-52(36-50)80-51-21-22-54-53-17-13-14-18-57(53)79(60(54)37-51)61-35-48(23-24-76-61)69(7,8)9/h13-37,39-40H,38H2,1-12H3. The second-order valence-corrected chi connectivity index (χ2v) is 24.2. The van der Waals surface area contributed by atoms with Crippen LogP contribution in [0.1, 0.15) is 114 Å². The van der Waals surface area contributed by atoms with E-state index >= 15 is 17.6 Å². The number of benzene rings is 8. The van der Waals surface area contributed by atoms with Gasteiger partial charge in [-0.25, -0.2) is 26.9 Å². The molecule has 1 aliphatic heterocycles. The molecule has 2 aromatic heterocycles. The average molecular weight is 1070 g/mol. The number of aromatic nitrogens is 2. The van der Waals surface area contributed by atoms with Crippen molar-refractivity contribution in [3.05, 3.63) is 214 Å². The lowest BCUT2D eigenvalue weighted by molar-refractivity contribution is 0.381. The molecule has 8 aromatic carbocycles. The maximum atomic E-state index is 16.7. The Morgan fingerprint density at radius 1 is 0.487 bits per heavy atom. The van der Waals surface area contributed by atoms with E-state index in [4.69, 9.17) is 9.72 Å². The molecular formula is C70H65F5N4O. The van der Waals surface area contributed by atoms with Crippen molar-refractivity contribution in [3.8, 4) is 50.7 Å². The fourth-order valence-corrected chi connectivity index (χ4v) is 11.2. The molecule has 11 rings (SSSR count). The van der Waals surface area contributed by atoms with Crippen LogP contribution < -0.4 is 14.5 Å². The highest BCUT2D eigenvalue weighted by Crippen LogP contribution is 2.54. The molecule has 0 fully saturated rings. The number of pyridine rings is 1. The summed E-state index contributed by atoms with van der Waals surface area (Å²) in [6.45, 7) is 25.1. The fourth-order valence-electron chi connectivity index (χ4n) is 11.2. The molecule has 0 radical (unpaired) electrons. The Hall–Kier alpha value is -8.24. The van der Waals surface area contributed by atoms with E-state index in [0.29, 0.717) is 34.0 Å². The monoisotopic (exact) mass is 1070 g/mol. The first-order chi connectivity index (χ1) is 37.9. The minimum Gasteiger partial charge on any atom is -0.457 e. The molecule has 10 heteroatoms. The van der Waals surface area contributed by atoms with E-state index in [1.165, 1.54) is 0 Å². The number of anilines is 4. The first-order valence-corrected chi connectivity index (χ1v) is 27.4. The molecular weight excluding hydrogens is 1010 g/mol. The van der Waals surface area contributed by atoms with Gasteiger partial charge in [0.2, 0.25) is 5.82 Å². The Labute approximate surface area is 465 Å². The van der Waals surface area contributed by atoms with Crippen LogP contribution in [0, 0.1) is 42.9 Å². The second kappa shape index (κ2) is 20.1. The predicted octanol–water partition coefficient (Wildman–Crippen LogP) is 20.4. The third kappa shape index (κ3) is 9.66. The molecule has 0 unspecified atom stereocenters. The Morgan fingerprint density at radius 3 is 1.70 bits per heavy atom. The number of rotatable bonds is 10. The molecule has 0 aliphatic carbocycles. The predicted molar refractivity (Wildman–Crippen MR) is 318 cm³/mol. The fraction of sp³-hybridized carbons (Fsp3) is 0.243. The van der Waals surface area contributed by atoms with Crippen molar-refractivity contribution in [1.82, 2.24) is 9.55 Å². The third-order valence-corrected chi connectivity index (χ3v) is 15.6. The second-order valence-electron chi connectivity index (χ2n) is 24.2. The lowest BCUT2D eigenvalue weighted by atomic mass is 9.81. The molecule has 3 heterocycles. The van der Waals surface area contributed by atoms with Gasteiger partial charge in [0.15, 0.2) is 23.3 Å². The van der Waals surface area contributed by atoms with Crippen LogP contribution in [0.15, 0.2) is 152 Å². The molecule has 0 saturated carbocycles. The van der Waals surface area contributed by atoms with E-state index < -0.39 is 40.1 Å². The molecule has 1 aliphatic rings. The number of fused-ring (bicyclic) bond motifs is 4. The highest BCUT2D eigenvalue weighted by molar-refractivity contribution is 6.09. The van der Waals surface area contributed by atoms with E-state index in [-0.39, 0.29) is 29.5 Å². The molecule has 0 amide bonds. The number of ether oxygens (including phenoxy) is 1. The first kappa shape index (κ1) is 53.7. The van der Waals surface area contributed by atoms with Gasteiger partial charge in [-0.2, -0.15) is 0 Å². The van der Waals surface area contributed by atoms with Gasteiger partial charge in [0, 0.05) is 45.9 Å². The molecule has 10 aromatic rings. The van der Waals surface area contributed by atoms with Crippen molar-refractivity contribution in [2.45, 2.75) is 106 Å². The van der Waals surface area contributed by atoms with Crippen LogP contribution in [-0.2, 0) is 10.8 Å². The number of hydrogen-bond acceptors (Lipinski definition) is 4. The normalized spacial score (nSPS) is 12.9. The van der Waals surface area contributed by atoms with Crippen LogP contribution in [0.2, 0.25) is 0 Å². The number of aryl methyl sites for hydroxylation is 2. The Kier molecular flexibility index (Phi) is 13.5. The molecule has 0 atom stereocenters. The van der Waals surface area contributed by atoms with Gasteiger partial charge in [-0.1, -0.05) is 147 Å². The average Bonchev–Trinajstić information content (AvgIpc) is 4.11. The summed E-state index contributed by atoms with van der Waals surface area (Å²) in [4.78, 5) is 8.95. The van der Waals surface area contributed by atoms with Gasteiger partial charge in [0.05, 0.1) is 33.7 Å². The summed E-state index contributed by atoms with van der Waals surface area (Å²) in [5, 5.41) is 2.13. The summed E-state index contributed by atoms with van der Waals surface area (Å²) in [5.41, 5.74) is 11.8. The topological polar surface area (TPSA) is 33.5 Å². The van der Waals surface area contributed by atoms with Gasteiger partial charge in [-0.3, -0.25) is 4.57 Å². The Balaban J connectivity index is 1.13. The van der Waals surface area contributed by atoms with Gasteiger partial charge in [0.25, 0.3) is 0 Å². The number of para-hydroxylation sites is 3. The maximum absolute atomic E-state index is 16.7. The Morgan fingerprint density at radius 2 is 1.06 bits per heavy atom. The van der Waals surface area contributed by atoms with Crippen LogP contribution in [0.3, 0.4) is 0 Å². The molecule has 5 nitrogen and oxygen atoms in total. The molecule has 406 valence electrons. The Bertz CT molecular complexity index is 4030. The number of hydrogen-bond donors (Lipinski definition) is 0. The summed E-state index contributed by atoms with van der Waals surface area (Å²) in [5.74, 6) is -7.89. The highest BCUT2D eigenvalue weighted by Gasteiger charge is 2.37. The van der Waals surface area contributed by atoms with Gasteiger partial charge >= 0.3 is 0 Å². The summed E-state index contributed by atoms with van der Waals surface area (Å²) >= 11 is 0. The lowest BCUT2D eigenvalue weighted by Crippen LogP contribution is -2.25. The minimum atomic E-state index is -2.21. The van der Waals surface area contributed by atoms with Crippen molar-refractivity contribution in [3.63, 3.8) is 0 Å². The largest absolute Gasteiger partial charge is 0.457 e. The van der Waals surface area contributed by atoms with Crippen molar-refractivity contribution in [2.75, 3.05) is 16.5 Å². The van der Waals surface area contributed by atoms with Crippen molar-refractivity contribution >= 4 is 44.6 Å². The quantitative estimate of drug-likeness (QED) is 0.0776. The van der Waals surface area contributed by atoms with Crippen LogP contribution in [0.5, 0.6) is 11.5 Å². The smallest absolute Gasteiger partial charge is 0.200 e. The van der Waals surface area contributed by atoms with Crippen molar-refractivity contribution < 1.29 is 26.7 Å². The highest BCUT2D eigenvalue weighted by atomic mass is 19.2. The van der Waals surface area contributed by atoms with Gasteiger partial charge < -0.3 is 14.5 Å². The minimum absolute atomic E-state index is 0.0763. The molecule has 0 N–H and O–H groups in total. The maximum Gasteiger partial charge on any atom is 0.200 e. The molecule has 80 heavy (non-hydrogen) atoms. The van der Waals surface area contributed by atoms with E-state index in [0.717, 1.165) is 83.5 Å². The van der Waals surface area contributed by atoms with Crippen molar-refractivity contribution in [2.24, 2.45) is 0 Å². The van der Waals surface area contributed by atoms with Crippen LogP contribution in [0.25, 0.3) is 61.0 Å². The number of halogens is 5. The van der Waals surface area contributed by atoms with E-state index in [1.807, 2.05) is 92.5 Å². The third-order valence-electron chi connectivity index (χ3n) is 15.6. The van der Waals surface area contributed by atoms with Gasteiger partial charge in [-0.15, -0.1) is 0 Å². The summed E-state index contributed by atoms with van der Waals surface area (Å²) in [6, 6.07) is 48.8. The van der Waals surface area contributed by atoms with Crippen LogP contribution >= 0.6 is 0 Å². The van der Waals surface area contributed by atoms with E-state index in [1.54, 1.807) is 6.07 Å². The first-order valence-electron chi connectivity index (χ1n) is 27.4. The van der Waals surface area contributed by atoms with Gasteiger partial charge in [0.1, 0.15) is 24.0 Å². The SMILES string of the molecule is Cc1cc(C)cc(-c2cc(Oc3ccc4c5ccccc5n(-c5cc(C(C)(C)C)ccn5)c4c3)cc(N3CN(c4c(-c5cc(C(C)C)cc(C(C)C)c5)cc(C(C)(C)C)cc4-c4c(F)c(F)c(F)c(F)c4F)c4ccccc43)c2)c1. The molecule has 0 spiro atoms. The summed E-state index contributed by atoms with van der Waals surface area (Å²) in [6.07, 6.45) is 1.86. The van der Waals surface area contributed by atoms with E-state index in [9.17, 15) is 4.39 Å². The lowest BCUT2D eigenvalue weighted by Gasteiger charge is -2.31. The zero-order valence-corrected chi connectivity index (χ0v) is 47.4. The zero-order valence-electron chi connectivity index (χ0n) is 47.4. The van der Waals surface area contributed by atoms with Crippen LogP contribution in [0.4, 0.5) is 44.7 Å². The van der Waals surface area contributed by atoms with Crippen molar-refractivity contribution in [1.29, 1.82) is 0 Å². The molecule has 0 saturated heterocycles. The zero-order chi connectivity index (χ0) is 56.9. The van der Waals surface area contributed by atoms with Gasteiger partial charge in [-0.05, 0) is 142 Å². The summed E-state index contributed by atoms with van der Waals surface area (Å²) < 4.78 is 89.0. The van der Waals surface area contributed by atoms with Crippen LogP contribution in [-0.4, -0.2) is 16.2 Å². The molecule has 0 bridgehead atoms. The summed E-state index contributed by atoms with van der Waals surface area (Å²) in [7, 11) is 0.